The number of ether oxygens (including phenoxy) is 3. The first-order valence-electron chi connectivity index (χ1n) is 10.4. The van der Waals surface area contributed by atoms with Gasteiger partial charge in [0.15, 0.2) is 0 Å². The molecule has 164 valence electrons. The average Bonchev–Trinajstić information content (AvgIpc) is 2.62. The zero-order chi connectivity index (χ0) is 20.1. The van der Waals surface area contributed by atoms with Crippen LogP contribution in [-0.2, 0) is 28.8 Å². The number of rotatable bonds is 22. The molecule has 0 saturated carbocycles. The Kier molecular flexibility index (Phi) is 26.5. The fourth-order valence-corrected chi connectivity index (χ4v) is 2.89. The van der Waals surface area contributed by atoms with Gasteiger partial charge in [-0.15, -0.1) is 0 Å². The first-order chi connectivity index (χ1) is 13.1. The predicted octanol–water partition coefficient (Wildman–Crippen LogP) is 1.17. The monoisotopic (exact) mass is 435 g/mol. The van der Waals surface area contributed by atoms with Gasteiger partial charge in [-0.3, -0.25) is 4.55 Å². The third-order valence-electron chi connectivity index (χ3n) is 4.10. The molecule has 0 amide bonds. The van der Waals surface area contributed by atoms with E-state index >= 15 is 0 Å². The van der Waals surface area contributed by atoms with Crippen molar-refractivity contribution in [1.29, 1.82) is 0 Å². The zero-order valence-corrected chi connectivity index (χ0v) is 20.8. The fraction of sp³-hybridized carbons (Fsp3) is 1.00. The Morgan fingerprint density at radius 2 is 0.929 bits per heavy atom. The molecule has 0 spiro atoms. The maximum atomic E-state index is 10.3. The third kappa shape index (κ3) is 29.0. The van der Waals surface area contributed by atoms with E-state index in [1.54, 1.807) is 0 Å². The summed E-state index contributed by atoms with van der Waals surface area (Å²) >= 11 is 0. The van der Waals surface area contributed by atoms with Crippen molar-refractivity contribution >= 4 is 10.4 Å². The fourth-order valence-electron chi connectivity index (χ4n) is 2.61. The summed E-state index contributed by atoms with van der Waals surface area (Å²) in [5, 5.41) is 0. The van der Waals surface area contributed by atoms with Gasteiger partial charge in [-0.2, -0.15) is 8.42 Å². The van der Waals surface area contributed by atoms with Gasteiger partial charge in [0.25, 0.3) is 0 Å². The van der Waals surface area contributed by atoms with Gasteiger partial charge >= 0.3 is 40.0 Å². The number of hydrogen-bond acceptors (Lipinski definition) is 6. The van der Waals surface area contributed by atoms with Crippen LogP contribution in [0, 0.1) is 0 Å². The molecule has 0 saturated heterocycles. The zero-order valence-electron chi connectivity index (χ0n) is 18.0. The van der Waals surface area contributed by atoms with E-state index in [1.165, 1.54) is 64.2 Å². The second kappa shape index (κ2) is 24.0. The molecule has 28 heavy (non-hydrogen) atoms. The van der Waals surface area contributed by atoms with E-state index in [0.29, 0.717) is 26.4 Å². The van der Waals surface area contributed by atoms with Crippen LogP contribution in [0.1, 0.15) is 77.6 Å². The summed E-state index contributed by atoms with van der Waals surface area (Å²) in [7, 11) is -4.38. The summed E-state index contributed by atoms with van der Waals surface area (Å²) in [6, 6.07) is 0. The molecule has 0 aliphatic carbocycles. The van der Waals surface area contributed by atoms with E-state index in [2.05, 4.69) is 11.1 Å². The van der Waals surface area contributed by atoms with Crippen LogP contribution in [-0.4, -0.2) is 59.2 Å². The summed E-state index contributed by atoms with van der Waals surface area (Å²) in [4.78, 5) is 0. The molecular weight excluding hydrogens is 395 g/mol. The van der Waals surface area contributed by atoms with Crippen molar-refractivity contribution in [3.8, 4) is 0 Å². The predicted molar refractivity (Wildman–Crippen MR) is 106 cm³/mol. The minimum absolute atomic E-state index is 0. The van der Waals surface area contributed by atoms with Gasteiger partial charge in [0.05, 0.1) is 39.6 Å². The van der Waals surface area contributed by atoms with Crippen molar-refractivity contribution in [3.05, 3.63) is 0 Å². The van der Waals surface area contributed by atoms with E-state index in [1.807, 2.05) is 0 Å². The topological polar surface area (TPSA) is 91.3 Å². The van der Waals surface area contributed by atoms with Crippen LogP contribution in [0.3, 0.4) is 0 Å². The molecule has 9 heteroatoms. The standard InChI is InChI=1S/C19H40O7S.Na/c1-2-3-4-5-6-7-8-9-10-11-12-13-23-14-15-24-16-17-25-18-19-26-27(20,21)22;/h2-19H2,1H3,(H,20,21,22);/q;+1. The smallest absolute Gasteiger partial charge is 0.379 e. The normalized spacial score (nSPS) is 11.5. The Morgan fingerprint density at radius 3 is 1.36 bits per heavy atom. The molecule has 7 nitrogen and oxygen atoms in total. The Morgan fingerprint density at radius 1 is 0.571 bits per heavy atom. The molecule has 0 bridgehead atoms. The number of unbranched alkanes of at least 4 members (excludes halogenated alkanes) is 10. The second-order valence-corrected chi connectivity index (χ2v) is 7.71. The van der Waals surface area contributed by atoms with Crippen molar-refractivity contribution in [1.82, 2.24) is 0 Å². The first kappa shape index (κ1) is 30.9. The van der Waals surface area contributed by atoms with Gasteiger partial charge in [0, 0.05) is 6.61 Å². The summed E-state index contributed by atoms with van der Waals surface area (Å²) in [6.45, 7) is 4.75. The second-order valence-electron chi connectivity index (χ2n) is 6.62. The molecule has 1 N–H and O–H groups in total. The summed E-state index contributed by atoms with van der Waals surface area (Å²) < 4.78 is 48.9. The van der Waals surface area contributed by atoms with Gasteiger partial charge < -0.3 is 14.2 Å². The van der Waals surface area contributed by atoms with Crippen molar-refractivity contribution in [3.63, 3.8) is 0 Å². The van der Waals surface area contributed by atoms with Crippen molar-refractivity contribution in [2.75, 3.05) is 46.2 Å². The quantitative estimate of drug-likeness (QED) is 0.155. The summed E-state index contributed by atoms with van der Waals surface area (Å²) in [6.07, 6.45) is 14.6. The molecule has 0 fully saturated rings. The van der Waals surface area contributed by atoms with Crippen LogP contribution in [0.4, 0.5) is 0 Å². The van der Waals surface area contributed by atoms with E-state index in [-0.39, 0.29) is 42.8 Å². The number of hydrogen-bond donors (Lipinski definition) is 1. The Bertz CT molecular complexity index is 394. The summed E-state index contributed by atoms with van der Waals surface area (Å²) in [5.74, 6) is 0. The van der Waals surface area contributed by atoms with Crippen molar-refractivity contribution < 1.29 is 60.9 Å². The average molecular weight is 436 g/mol. The Hall–Kier alpha value is 0.750. The van der Waals surface area contributed by atoms with Crippen molar-refractivity contribution in [2.45, 2.75) is 77.6 Å². The third-order valence-corrected chi connectivity index (χ3v) is 4.56. The van der Waals surface area contributed by atoms with Gasteiger partial charge in [-0.25, -0.2) is 4.18 Å². The Labute approximate surface area is 194 Å². The maximum absolute atomic E-state index is 10.3. The molecule has 0 unspecified atom stereocenters. The Balaban J connectivity index is 0. The first-order valence-corrected chi connectivity index (χ1v) is 11.8. The van der Waals surface area contributed by atoms with Crippen LogP contribution in [0.25, 0.3) is 0 Å². The SMILES string of the molecule is CCCCCCCCCCCCCOCCOCCOCCOS(=O)(=O)O.[Na+]. The molecule has 0 aliphatic heterocycles. The molecule has 0 aromatic heterocycles. The van der Waals surface area contributed by atoms with E-state index < -0.39 is 10.4 Å². The van der Waals surface area contributed by atoms with Crippen LogP contribution in [0.2, 0.25) is 0 Å². The summed E-state index contributed by atoms with van der Waals surface area (Å²) in [5.41, 5.74) is 0. The van der Waals surface area contributed by atoms with Crippen LogP contribution >= 0.6 is 0 Å². The molecule has 0 aliphatic rings. The minimum atomic E-state index is -4.38. The van der Waals surface area contributed by atoms with Gasteiger partial charge in [0.2, 0.25) is 0 Å². The molecule has 0 heterocycles. The molecule has 0 aromatic rings. The van der Waals surface area contributed by atoms with Gasteiger partial charge in [0.1, 0.15) is 0 Å². The van der Waals surface area contributed by atoms with Crippen LogP contribution in [0.15, 0.2) is 0 Å². The van der Waals surface area contributed by atoms with E-state index in [0.717, 1.165) is 13.0 Å². The molecule has 0 aromatic carbocycles. The van der Waals surface area contributed by atoms with Gasteiger partial charge in [-0.05, 0) is 6.42 Å². The van der Waals surface area contributed by atoms with Crippen LogP contribution < -0.4 is 29.6 Å². The maximum Gasteiger partial charge on any atom is 1.00 e. The largest absolute Gasteiger partial charge is 1.00 e. The van der Waals surface area contributed by atoms with Crippen LogP contribution in [0.5, 0.6) is 0 Å². The van der Waals surface area contributed by atoms with Crippen molar-refractivity contribution in [2.24, 2.45) is 0 Å². The molecule has 0 rings (SSSR count). The van der Waals surface area contributed by atoms with Gasteiger partial charge in [-0.1, -0.05) is 71.1 Å². The molecule has 0 atom stereocenters. The molecular formula is C19H40NaO7S+. The minimum Gasteiger partial charge on any atom is -0.379 e. The van der Waals surface area contributed by atoms with E-state index in [4.69, 9.17) is 18.8 Å². The molecule has 0 radical (unpaired) electrons. The van der Waals surface area contributed by atoms with E-state index in [9.17, 15) is 8.42 Å².